The third kappa shape index (κ3) is 3.66. The van der Waals surface area contributed by atoms with E-state index in [1.54, 1.807) is 6.08 Å². The predicted octanol–water partition coefficient (Wildman–Crippen LogP) is 5.33. The SMILES string of the molecule is Cc1cccc(CN2C(=O)S/C(=C/c3cc(C)n(-c4ccccc4)c3)C2=O)c1. The number of para-hydroxylation sites is 1. The Balaban J connectivity index is 1.58. The molecule has 0 saturated carbocycles. The van der Waals surface area contributed by atoms with Crippen molar-refractivity contribution in [1.82, 2.24) is 9.47 Å². The number of imide groups is 1. The van der Waals surface area contributed by atoms with Crippen LogP contribution >= 0.6 is 11.8 Å². The van der Waals surface area contributed by atoms with Gasteiger partial charge >= 0.3 is 0 Å². The molecule has 0 aliphatic carbocycles. The maximum atomic E-state index is 12.8. The number of carbonyl (C=O) groups is 2. The number of hydrogen-bond acceptors (Lipinski definition) is 3. The molecule has 2 heterocycles. The Morgan fingerprint density at radius 3 is 2.50 bits per heavy atom. The van der Waals surface area contributed by atoms with E-state index in [0.717, 1.165) is 39.8 Å². The molecule has 0 unspecified atom stereocenters. The van der Waals surface area contributed by atoms with E-state index < -0.39 is 0 Å². The zero-order chi connectivity index (χ0) is 19.7. The smallest absolute Gasteiger partial charge is 0.293 e. The Morgan fingerprint density at radius 1 is 0.964 bits per heavy atom. The van der Waals surface area contributed by atoms with Gasteiger partial charge in [0, 0.05) is 17.6 Å². The third-order valence-corrected chi connectivity index (χ3v) is 5.57. The predicted molar refractivity (Wildman–Crippen MR) is 113 cm³/mol. The number of hydrogen-bond donors (Lipinski definition) is 0. The first-order chi connectivity index (χ1) is 13.5. The number of rotatable bonds is 4. The van der Waals surface area contributed by atoms with Gasteiger partial charge in [0.1, 0.15) is 0 Å². The first-order valence-electron chi connectivity index (χ1n) is 9.06. The van der Waals surface area contributed by atoms with Crippen LogP contribution in [0, 0.1) is 13.8 Å². The van der Waals surface area contributed by atoms with Crippen LogP contribution < -0.4 is 0 Å². The van der Waals surface area contributed by atoms with Crippen molar-refractivity contribution in [3.05, 3.63) is 94.1 Å². The van der Waals surface area contributed by atoms with Crippen LogP contribution in [0.4, 0.5) is 4.79 Å². The number of amides is 2. The molecule has 2 aromatic carbocycles. The van der Waals surface area contributed by atoms with E-state index >= 15 is 0 Å². The van der Waals surface area contributed by atoms with Crippen molar-refractivity contribution >= 4 is 29.0 Å². The highest BCUT2D eigenvalue weighted by Crippen LogP contribution is 2.33. The van der Waals surface area contributed by atoms with Gasteiger partial charge in [-0.2, -0.15) is 0 Å². The minimum atomic E-state index is -0.235. The molecule has 28 heavy (non-hydrogen) atoms. The summed E-state index contributed by atoms with van der Waals surface area (Å²) in [5.74, 6) is -0.235. The second-order valence-corrected chi connectivity index (χ2v) is 7.87. The van der Waals surface area contributed by atoms with Crippen LogP contribution in [0.25, 0.3) is 11.8 Å². The maximum absolute atomic E-state index is 12.8. The number of carbonyl (C=O) groups excluding carboxylic acids is 2. The van der Waals surface area contributed by atoms with Gasteiger partial charge in [0.25, 0.3) is 11.1 Å². The molecule has 5 heteroatoms. The lowest BCUT2D eigenvalue weighted by Crippen LogP contribution is -2.27. The van der Waals surface area contributed by atoms with Crippen LogP contribution in [-0.2, 0) is 11.3 Å². The summed E-state index contributed by atoms with van der Waals surface area (Å²) in [4.78, 5) is 26.9. The normalized spacial score (nSPS) is 15.6. The van der Waals surface area contributed by atoms with E-state index in [9.17, 15) is 9.59 Å². The summed E-state index contributed by atoms with van der Waals surface area (Å²) in [5, 5.41) is -0.225. The highest BCUT2D eigenvalue weighted by atomic mass is 32.2. The first-order valence-corrected chi connectivity index (χ1v) is 9.88. The lowest BCUT2D eigenvalue weighted by atomic mass is 10.1. The molecule has 1 fully saturated rings. The molecule has 0 radical (unpaired) electrons. The van der Waals surface area contributed by atoms with Gasteiger partial charge in [-0.15, -0.1) is 0 Å². The van der Waals surface area contributed by atoms with Gasteiger partial charge in [-0.05, 0) is 61.0 Å². The van der Waals surface area contributed by atoms with Crippen molar-refractivity contribution in [3.8, 4) is 5.69 Å². The number of aryl methyl sites for hydroxylation is 2. The molecule has 140 valence electrons. The van der Waals surface area contributed by atoms with E-state index in [2.05, 4.69) is 4.57 Å². The van der Waals surface area contributed by atoms with Gasteiger partial charge in [0.05, 0.1) is 11.4 Å². The van der Waals surface area contributed by atoms with Gasteiger partial charge in [0.2, 0.25) is 0 Å². The van der Waals surface area contributed by atoms with E-state index in [4.69, 9.17) is 0 Å². The largest absolute Gasteiger partial charge is 0.321 e. The minimum Gasteiger partial charge on any atom is -0.321 e. The molecule has 1 aliphatic heterocycles. The van der Waals surface area contributed by atoms with Crippen molar-refractivity contribution in [2.24, 2.45) is 0 Å². The number of benzene rings is 2. The summed E-state index contributed by atoms with van der Waals surface area (Å²) < 4.78 is 2.07. The number of aromatic nitrogens is 1. The fraction of sp³-hybridized carbons (Fsp3) is 0.130. The third-order valence-electron chi connectivity index (χ3n) is 4.66. The second kappa shape index (κ2) is 7.52. The molecular formula is C23H20N2O2S. The van der Waals surface area contributed by atoms with Crippen LogP contribution in [0.5, 0.6) is 0 Å². The van der Waals surface area contributed by atoms with Crippen LogP contribution in [0.3, 0.4) is 0 Å². The van der Waals surface area contributed by atoms with Crippen molar-refractivity contribution in [3.63, 3.8) is 0 Å². The number of thioether (sulfide) groups is 1. The fourth-order valence-electron chi connectivity index (χ4n) is 3.33. The van der Waals surface area contributed by atoms with E-state index in [-0.39, 0.29) is 11.1 Å². The summed E-state index contributed by atoms with van der Waals surface area (Å²) in [6, 6.07) is 19.9. The molecule has 4 rings (SSSR count). The zero-order valence-corrected chi connectivity index (χ0v) is 16.6. The van der Waals surface area contributed by atoms with Gasteiger partial charge in [-0.1, -0.05) is 48.0 Å². The Bertz CT molecular complexity index is 1080. The van der Waals surface area contributed by atoms with E-state index in [1.165, 1.54) is 4.90 Å². The summed E-state index contributed by atoms with van der Waals surface area (Å²) in [7, 11) is 0. The fourth-order valence-corrected chi connectivity index (χ4v) is 4.16. The van der Waals surface area contributed by atoms with Crippen molar-refractivity contribution < 1.29 is 9.59 Å². The van der Waals surface area contributed by atoms with Crippen molar-refractivity contribution in [2.75, 3.05) is 0 Å². The molecule has 1 aliphatic rings. The van der Waals surface area contributed by atoms with E-state index in [0.29, 0.717) is 11.4 Å². The highest BCUT2D eigenvalue weighted by molar-refractivity contribution is 8.18. The van der Waals surface area contributed by atoms with Gasteiger partial charge in [-0.3, -0.25) is 14.5 Å². The molecule has 0 spiro atoms. The topological polar surface area (TPSA) is 42.3 Å². The van der Waals surface area contributed by atoms with Gasteiger partial charge in [0.15, 0.2) is 0 Å². The van der Waals surface area contributed by atoms with Crippen LogP contribution in [0.1, 0.15) is 22.4 Å². The Hall–Kier alpha value is -3.05. The standard InChI is InChI=1S/C23H20N2O2S/c1-16-7-6-8-18(11-16)14-25-22(26)21(28-23(25)27)13-19-12-17(2)24(15-19)20-9-4-3-5-10-20/h3-13,15H,14H2,1-2H3/b21-13+. The number of nitrogens with zero attached hydrogens (tertiary/aromatic N) is 2. The summed E-state index contributed by atoms with van der Waals surface area (Å²) in [6.07, 6.45) is 3.78. The Morgan fingerprint density at radius 2 is 1.75 bits per heavy atom. The van der Waals surface area contributed by atoms with Gasteiger partial charge < -0.3 is 4.57 Å². The quantitative estimate of drug-likeness (QED) is 0.567. The molecule has 3 aromatic rings. The van der Waals surface area contributed by atoms with Crippen LogP contribution in [0.2, 0.25) is 0 Å². The van der Waals surface area contributed by atoms with E-state index in [1.807, 2.05) is 80.7 Å². The zero-order valence-electron chi connectivity index (χ0n) is 15.8. The molecule has 0 N–H and O–H groups in total. The lowest BCUT2D eigenvalue weighted by molar-refractivity contribution is -0.123. The maximum Gasteiger partial charge on any atom is 0.293 e. The Labute approximate surface area is 168 Å². The average molecular weight is 388 g/mol. The summed E-state index contributed by atoms with van der Waals surface area (Å²) in [5.41, 5.74) is 5.10. The molecule has 2 amide bonds. The molecule has 0 bridgehead atoms. The van der Waals surface area contributed by atoms with Crippen LogP contribution in [-0.4, -0.2) is 20.6 Å². The first kappa shape index (κ1) is 18.3. The monoisotopic (exact) mass is 388 g/mol. The lowest BCUT2D eigenvalue weighted by Gasteiger charge is -2.12. The summed E-state index contributed by atoms with van der Waals surface area (Å²) >= 11 is 1.00. The van der Waals surface area contributed by atoms with Crippen molar-refractivity contribution in [2.45, 2.75) is 20.4 Å². The molecule has 0 atom stereocenters. The minimum absolute atomic E-state index is 0.225. The molecule has 1 saturated heterocycles. The molecule has 4 nitrogen and oxygen atoms in total. The second-order valence-electron chi connectivity index (χ2n) is 6.88. The average Bonchev–Trinajstić information content (AvgIpc) is 3.17. The molecular weight excluding hydrogens is 368 g/mol. The van der Waals surface area contributed by atoms with Crippen LogP contribution in [0.15, 0.2) is 71.8 Å². The highest BCUT2D eigenvalue weighted by Gasteiger charge is 2.35. The van der Waals surface area contributed by atoms with Gasteiger partial charge in [-0.25, -0.2) is 0 Å². The van der Waals surface area contributed by atoms with Crippen molar-refractivity contribution in [1.29, 1.82) is 0 Å². The summed E-state index contributed by atoms with van der Waals surface area (Å²) in [6.45, 7) is 4.32. The Kier molecular flexibility index (Phi) is 4.92. The molecule has 1 aromatic heterocycles.